The van der Waals surface area contributed by atoms with E-state index in [1.54, 1.807) is 18.2 Å². The maximum absolute atomic E-state index is 12.3. The van der Waals surface area contributed by atoms with Gasteiger partial charge in [0.15, 0.2) is 0 Å². The summed E-state index contributed by atoms with van der Waals surface area (Å²) in [6, 6.07) is 5.97. The van der Waals surface area contributed by atoms with Gasteiger partial charge in [-0.3, -0.25) is 4.79 Å². The lowest BCUT2D eigenvalue weighted by Gasteiger charge is -2.18. The largest absolute Gasteiger partial charge is 0.433 e. The number of nitrogens with one attached hydrogen (secondary N) is 2. The van der Waals surface area contributed by atoms with Crippen LogP contribution in [0.2, 0.25) is 0 Å². The molecule has 6 heteroatoms. The topological polar surface area (TPSA) is 50.4 Å². The molecule has 2 N–H and O–H groups in total. The number of hydrogen-bond donors (Lipinski definition) is 2. The summed E-state index contributed by atoms with van der Waals surface area (Å²) in [5.74, 6) is -0.0566. The van der Waals surface area contributed by atoms with Crippen LogP contribution in [-0.2, 0) is 4.79 Å². The van der Waals surface area contributed by atoms with E-state index in [2.05, 4.69) is 15.4 Å². The summed E-state index contributed by atoms with van der Waals surface area (Å²) in [5.41, 5.74) is 0.407. The number of halogens is 2. The summed E-state index contributed by atoms with van der Waals surface area (Å²) in [7, 11) is 0. The number of alkyl halides is 2. The fourth-order valence-corrected chi connectivity index (χ4v) is 2.05. The van der Waals surface area contributed by atoms with Crippen LogP contribution in [0.5, 0.6) is 5.75 Å². The Bertz CT molecular complexity index is 440. The van der Waals surface area contributed by atoms with E-state index < -0.39 is 12.7 Å². The van der Waals surface area contributed by atoms with Crippen LogP contribution in [0.1, 0.15) is 19.3 Å². The predicted octanol–water partition coefficient (Wildman–Crippen LogP) is 2.37. The minimum Gasteiger partial charge on any atom is -0.433 e. The highest BCUT2D eigenvalue weighted by Gasteiger charge is 2.21. The highest BCUT2D eigenvalue weighted by Crippen LogP contribution is 2.27. The van der Waals surface area contributed by atoms with E-state index in [1.807, 2.05) is 0 Å². The fraction of sp³-hybridized carbons (Fsp3) is 0.462. The summed E-state index contributed by atoms with van der Waals surface area (Å²) in [4.78, 5) is 11.8. The first-order valence-corrected chi connectivity index (χ1v) is 6.25. The first kappa shape index (κ1) is 13.6. The van der Waals surface area contributed by atoms with Crippen molar-refractivity contribution < 1.29 is 18.3 Å². The van der Waals surface area contributed by atoms with E-state index >= 15 is 0 Å². The minimum absolute atomic E-state index is 0.0505. The van der Waals surface area contributed by atoms with Crippen molar-refractivity contribution in [3.8, 4) is 5.75 Å². The first-order chi connectivity index (χ1) is 9.16. The standard InChI is InChI=1S/C13H16F2N2O2/c14-13(15)19-11-7-2-1-5-9(11)17-10-6-3-4-8-16-12(10)18/h1-2,5,7,10,13,17H,3-4,6,8H2,(H,16,18). The number of para-hydroxylation sites is 2. The summed E-state index contributed by atoms with van der Waals surface area (Å²) in [6.45, 7) is -2.22. The summed E-state index contributed by atoms with van der Waals surface area (Å²) in [6.07, 6.45) is 2.52. The van der Waals surface area contributed by atoms with Gasteiger partial charge in [-0.15, -0.1) is 0 Å². The Kier molecular flexibility index (Phi) is 4.54. The molecule has 0 bridgehead atoms. The Morgan fingerprint density at radius 3 is 2.89 bits per heavy atom. The third-order valence-electron chi connectivity index (χ3n) is 2.97. The van der Waals surface area contributed by atoms with Crippen LogP contribution in [0.25, 0.3) is 0 Å². The van der Waals surface area contributed by atoms with Crippen LogP contribution in [0.3, 0.4) is 0 Å². The first-order valence-electron chi connectivity index (χ1n) is 6.25. The van der Waals surface area contributed by atoms with E-state index in [0.717, 1.165) is 12.8 Å². The average Bonchev–Trinajstić information content (AvgIpc) is 2.57. The molecule has 0 aliphatic carbocycles. The van der Waals surface area contributed by atoms with Crippen LogP contribution >= 0.6 is 0 Å². The Labute approximate surface area is 110 Å². The van der Waals surface area contributed by atoms with E-state index in [1.165, 1.54) is 6.07 Å². The molecule has 1 unspecified atom stereocenters. The second-order valence-corrected chi connectivity index (χ2v) is 4.36. The maximum Gasteiger partial charge on any atom is 0.387 e. The monoisotopic (exact) mass is 270 g/mol. The zero-order chi connectivity index (χ0) is 13.7. The van der Waals surface area contributed by atoms with Crippen molar-refractivity contribution >= 4 is 11.6 Å². The van der Waals surface area contributed by atoms with Crippen LogP contribution in [0, 0.1) is 0 Å². The number of ether oxygens (including phenoxy) is 1. The number of hydrogen-bond acceptors (Lipinski definition) is 3. The maximum atomic E-state index is 12.3. The lowest BCUT2D eigenvalue weighted by Crippen LogP contribution is -2.37. The van der Waals surface area contributed by atoms with Crippen molar-refractivity contribution in [2.45, 2.75) is 31.9 Å². The van der Waals surface area contributed by atoms with Crippen molar-refractivity contribution in [2.75, 3.05) is 11.9 Å². The zero-order valence-electron chi connectivity index (χ0n) is 10.4. The van der Waals surface area contributed by atoms with Crippen LogP contribution < -0.4 is 15.4 Å². The van der Waals surface area contributed by atoms with Crippen molar-refractivity contribution in [3.05, 3.63) is 24.3 Å². The molecule has 1 aromatic rings. The van der Waals surface area contributed by atoms with Gasteiger partial charge in [0.1, 0.15) is 11.8 Å². The Morgan fingerprint density at radius 1 is 1.32 bits per heavy atom. The van der Waals surface area contributed by atoms with E-state index in [-0.39, 0.29) is 11.7 Å². The Balaban J connectivity index is 2.10. The summed E-state index contributed by atoms with van der Waals surface area (Å²) in [5, 5.41) is 5.76. The van der Waals surface area contributed by atoms with Crippen molar-refractivity contribution in [1.82, 2.24) is 5.32 Å². The lowest BCUT2D eigenvalue weighted by molar-refractivity contribution is -0.121. The normalized spacial score (nSPS) is 19.7. The van der Waals surface area contributed by atoms with Gasteiger partial charge in [0.25, 0.3) is 0 Å². The quantitative estimate of drug-likeness (QED) is 0.883. The van der Waals surface area contributed by atoms with Gasteiger partial charge in [-0.1, -0.05) is 12.1 Å². The van der Waals surface area contributed by atoms with Gasteiger partial charge in [0, 0.05) is 6.54 Å². The van der Waals surface area contributed by atoms with Crippen molar-refractivity contribution in [2.24, 2.45) is 0 Å². The van der Waals surface area contributed by atoms with E-state index in [0.29, 0.717) is 18.7 Å². The molecule has 1 heterocycles. The molecule has 0 spiro atoms. The molecule has 2 rings (SSSR count). The third-order valence-corrected chi connectivity index (χ3v) is 2.97. The predicted molar refractivity (Wildman–Crippen MR) is 67.3 cm³/mol. The molecular weight excluding hydrogens is 254 g/mol. The number of rotatable bonds is 4. The van der Waals surface area contributed by atoms with E-state index in [4.69, 9.17) is 0 Å². The second-order valence-electron chi connectivity index (χ2n) is 4.36. The van der Waals surface area contributed by atoms with Gasteiger partial charge in [0.2, 0.25) is 5.91 Å². The number of amides is 1. The molecule has 1 aliphatic heterocycles. The van der Waals surface area contributed by atoms with Crippen LogP contribution in [0.4, 0.5) is 14.5 Å². The molecule has 1 saturated heterocycles. The summed E-state index contributed by atoms with van der Waals surface area (Å²) < 4.78 is 29.0. The molecular formula is C13H16F2N2O2. The number of carbonyl (C=O) groups excluding carboxylic acids is 1. The van der Waals surface area contributed by atoms with Crippen molar-refractivity contribution in [1.29, 1.82) is 0 Å². The molecule has 0 aromatic heterocycles. The molecule has 1 fully saturated rings. The molecule has 1 atom stereocenters. The Hall–Kier alpha value is -1.85. The zero-order valence-corrected chi connectivity index (χ0v) is 10.4. The Morgan fingerprint density at radius 2 is 2.11 bits per heavy atom. The van der Waals surface area contributed by atoms with Gasteiger partial charge in [-0.05, 0) is 31.4 Å². The number of benzene rings is 1. The molecule has 0 saturated carbocycles. The minimum atomic E-state index is -2.88. The fourth-order valence-electron chi connectivity index (χ4n) is 2.05. The van der Waals surface area contributed by atoms with Gasteiger partial charge >= 0.3 is 6.61 Å². The number of anilines is 1. The third kappa shape index (κ3) is 3.81. The van der Waals surface area contributed by atoms with Gasteiger partial charge < -0.3 is 15.4 Å². The highest BCUT2D eigenvalue weighted by atomic mass is 19.3. The molecule has 1 aliphatic rings. The molecule has 19 heavy (non-hydrogen) atoms. The second kappa shape index (κ2) is 6.36. The SMILES string of the molecule is O=C1NCCCCC1Nc1ccccc1OC(F)F. The van der Waals surface area contributed by atoms with Gasteiger partial charge in [0.05, 0.1) is 5.69 Å². The molecule has 1 amide bonds. The van der Waals surface area contributed by atoms with Gasteiger partial charge in [-0.2, -0.15) is 8.78 Å². The lowest BCUT2D eigenvalue weighted by atomic mass is 10.1. The molecule has 1 aromatic carbocycles. The van der Waals surface area contributed by atoms with Crippen molar-refractivity contribution in [3.63, 3.8) is 0 Å². The average molecular weight is 270 g/mol. The molecule has 0 radical (unpaired) electrons. The highest BCUT2D eigenvalue weighted by molar-refractivity contribution is 5.85. The van der Waals surface area contributed by atoms with Gasteiger partial charge in [-0.25, -0.2) is 0 Å². The van der Waals surface area contributed by atoms with E-state index in [9.17, 15) is 13.6 Å². The molecule has 4 nitrogen and oxygen atoms in total. The summed E-state index contributed by atoms with van der Waals surface area (Å²) >= 11 is 0. The smallest absolute Gasteiger partial charge is 0.387 e. The number of carbonyl (C=O) groups is 1. The van der Waals surface area contributed by atoms with Crippen LogP contribution in [-0.4, -0.2) is 25.1 Å². The molecule has 104 valence electrons. The van der Waals surface area contributed by atoms with Crippen LogP contribution in [0.15, 0.2) is 24.3 Å².